The van der Waals surface area contributed by atoms with Crippen LogP contribution in [0.2, 0.25) is 10.0 Å². The molecule has 0 aromatic heterocycles. The summed E-state index contributed by atoms with van der Waals surface area (Å²) in [6.45, 7) is 1.29. The van der Waals surface area contributed by atoms with Crippen LogP contribution in [0.4, 0.5) is 0 Å². The molecule has 0 spiro atoms. The third kappa shape index (κ3) is 6.17. The van der Waals surface area contributed by atoms with Crippen molar-refractivity contribution in [2.24, 2.45) is 0 Å². The van der Waals surface area contributed by atoms with E-state index in [0.29, 0.717) is 16.5 Å². The highest BCUT2D eigenvalue weighted by atomic mass is 35.5. The summed E-state index contributed by atoms with van der Waals surface area (Å²) in [5.74, 6) is -0.182. The average molecular weight is 383 g/mol. The third-order valence-corrected chi connectivity index (χ3v) is 3.54. The molecule has 0 unspecified atom stereocenters. The van der Waals surface area contributed by atoms with Crippen molar-refractivity contribution >= 4 is 35.0 Å². The molecule has 2 amide bonds. The molecule has 0 heterocycles. The van der Waals surface area contributed by atoms with Gasteiger partial charge < -0.3 is 9.47 Å². The van der Waals surface area contributed by atoms with Crippen molar-refractivity contribution < 1.29 is 19.1 Å². The number of carbonyl (C=O) groups excluding carboxylic acids is 2. The van der Waals surface area contributed by atoms with Crippen LogP contribution in [-0.2, 0) is 9.59 Å². The van der Waals surface area contributed by atoms with Crippen molar-refractivity contribution in [1.82, 2.24) is 10.9 Å². The molecular weight excluding hydrogens is 367 g/mol. The van der Waals surface area contributed by atoms with Gasteiger partial charge in [0, 0.05) is 5.02 Å². The Morgan fingerprint density at radius 1 is 1.08 bits per heavy atom. The molecule has 2 rings (SSSR count). The van der Waals surface area contributed by atoms with Gasteiger partial charge in [-0.25, -0.2) is 0 Å². The third-order valence-electron chi connectivity index (χ3n) is 3.01. The second-order valence-electron chi connectivity index (χ2n) is 4.97. The predicted molar refractivity (Wildman–Crippen MR) is 94.8 cm³/mol. The van der Waals surface area contributed by atoms with E-state index in [1.54, 1.807) is 36.4 Å². The van der Waals surface area contributed by atoms with Gasteiger partial charge in [0.25, 0.3) is 11.8 Å². The first-order chi connectivity index (χ1) is 12.0. The zero-order chi connectivity index (χ0) is 18.2. The Morgan fingerprint density at radius 2 is 1.80 bits per heavy atom. The second-order valence-corrected chi connectivity index (χ2v) is 5.82. The standard InChI is InChI=1S/C17H16Cl2N2O4/c1-11(25-15-8-7-12(18)9-14(15)19)17(23)21-20-16(22)10-24-13-5-3-2-4-6-13/h2-9,11H,10H2,1H3,(H,20,22)(H,21,23)/t11-/m0/s1. The van der Waals surface area contributed by atoms with Crippen LogP contribution in [0.1, 0.15) is 6.92 Å². The smallest absolute Gasteiger partial charge is 0.279 e. The summed E-state index contributed by atoms with van der Waals surface area (Å²) >= 11 is 11.8. The van der Waals surface area contributed by atoms with E-state index in [0.717, 1.165) is 0 Å². The largest absolute Gasteiger partial charge is 0.484 e. The van der Waals surface area contributed by atoms with E-state index in [2.05, 4.69) is 10.9 Å². The highest BCUT2D eigenvalue weighted by Crippen LogP contribution is 2.28. The van der Waals surface area contributed by atoms with Crippen molar-refractivity contribution in [2.75, 3.05) is 6.61 Å². The molecule has 2 aromatic rings. The Morgan fingerprint density at radius 3 is 2.48 bits per heavy atom. The number of carbonyl (C=O) groups is 2. The lowest BCUT2D eigenvalue weighted by Gasteiger charge is -2.16. The van der Waals surface area contributed by atoms with Gasteiger partial charge in [-0.05, 0) is 37.3 Å². The molecule has 2 N–H and O–H groups in total. The van der Waals surface area contributed by atoms with Crippen molar-refractivity contribution in [1.29, 1.82) is 0 Å². The molecule has 132 valence electrons. The van der Waals surface area contributed by atoms with Crippen LogP contribution >= 0.6 is 23.2 Å². The molecule has 0 aliphatic rings. The summed E-state index contributed by atoms with van der Waals surface area (Å²) in [6.07, 6.45) is -0.881. The first kappa shape index (κ1) is 18.9. The van der Waals surface area contributed by atoms with Crippen LogP contribution in [0.5, 0.6) is 11.5 Å². The molecule has 0 bridgehead atoms. The lowest BCUT2D eigenvalue weighted by atomic mass is 10.3. The molecule has 0 radical (unpaired) electrons. The Kier molecular flexibility index (Phi) is 6.91. The van der Waals surface area contributed by atoms with Gasteiger partial charge in [-0.3, -0.25) is 20.4 Å². The quantitative estimate of drug-likeness (QED) is 0.752. The maximum absolute atomic E-state index is 11.9. The molecule has 0 saturated carbocycles. The fraction of sp³-hybridized carbons (Fsp3) is 0.176. The Labute approximate surface area is 155 Å². The van der Waals surface area contributed by atoms with Crippen molar-refractivity contribution in [2.45, 2.75) is 13.0 Å². The average Bonchev–Trinajstić information content (AvgIpc) is 2.61. The second kappa shape index (κ2) is 9.15. The number of hydrogen-bond donors (Lipinski definition) is 2. The van der Waals surface area contributed by atoms with Gasteiger partial charge in [-0.2, -0.15) is 0 Å². The molecule has 8 heteroatoms. The Balaban J connectivity index is 1.76. The summed E-state index contributed by atoms with van der Waals surface area (Å²) in [5, 5.41) is 0.743. The topological polar surface area (TPSA) is 76.7 Å². The normalized spacial score (nSPS) is 11.3. The van der Waals surface area contributed by atoms with Crippen LogP contribution in [0.3, 0.4) is 0 Å². The fourth-order valence-electron chi connectivity index (χ4n) is 1.75. The molecule has 6 nitrogen and oxygen atoms in total. The van der Waals surface area contributed by atoms with Crippen LogP contribution in [0.25, 0.3) is 0 Å². The lowest BCUT2D eigenvalue weighted by Crippen LogP contribution is -2.48. The number of ether oxygens (including phenoxy) is 2. The summed E-state index contributed by atoms with van der Waals surface area (Å²) in [4.78, 5) is 23.6. The van der Waals surface area contributed by atoms with E-state index in [-0.39, 0.29) is 11.6 Å². The highest BCUT2D eigenvalue weighted by Gasteiger charge is 2.17. The first-order valence-electron chi connectivity index (χ1n) is 7.34. The number of para-hydroxylation sites is 1. The summed E-state index contributed by atoms with van der Waals surface area (Å²) in [7, 11) is 0. The maximum atomic E-state index is 11.9. The number of rotatable bonds is 6. The first-order valence-corrected chi connectivity index (χ1v) is 8.09. The van der Waals surface area contributed by atoms with Crippen molar-refractivity contribution in [3.63, 3.8) is 0 Å². The summed E-state index contributed by atoms with van der Waals surface area (Å²) in [6, 6.07) is 13.5. The number of amides is 2. The minimum Gasteiger partial charge on any atom is -0.484 e. The van der Waals surface area contributed by atoms with Gasteiger partial charge in [-0.15, -0.1) is 0 Å². The number of hydrogen-bond acceptors (Lipinski definition) is 4. The van der Waals surface area contributed by atoms with E-state index in [9.17, 15) is 9.59 Å². The molecular formula is C17H16Cl2N2O4. The van der Waals surface area contributed by atoms with Crippen LogP contribution in [0.15, 0.2) is 48.5 Å². The summed E-state index contributed by atoms with van der Waals surface area (Å²) in [5.41, 5.74) is 4.50. The highest BCUT2D eigenvalue weighted by molar-refractivity contribution is 6.35. The van der Waals surface area contributed by atoms with Crippen molar-refractivity contribution in [3.8, 4) is 11.5 Å². The number of nitrogens with one attached hydrogen (secondary N) is 2. The number of halogens is 2. The number of benzene rings is 2. The zero-order valence-corrected chi connectivity index (χ0v) is 14.8. The van der Waals surface area contributed by atoms with E-state index < -0.39 is 17.9 Å². The Bertz CT molecular complexity index is 741. The molecule has 0 fully saturated rings. The van der Waals surface area contributed by atoms with Crippen LogP contribution < -0.4 is 20.3 Å². The van der Waals surface area contributed by atoms with E-state index in [1.165, 1.54) is 13.0 Å². The van der Waals surface area contributed by atoms with Crippen LogP contribution in [-0.4, -0.2) is 24.5 Å². The SMILES string of the molecule is C[C@H](Oc1ccc(Cl)cc1Cl)C(=O)NNC(=O)COc1ccccc1. The van der Waals surface area contributed by atoms with E-state index in [1.807, 2.05) is 6.07 Å². The van der Waals surface area contributed by atoms with Crippen LogP contribution in [0, 0.1) is 0 Å². The fourth-order valence-corrected chi connectivity index (χ4v) is 2.20. The molecule has 0 saturated heterocycles. The monoisotopic (exact) mass is 382 g/mol. The van der Waals surface area contributed by atoms with Gasteiger partial charge in [0.1, 0.15) is 11.5 Å². The van der Waals surface area contributed by atoms with E-state index >= 15 is 0 Å². The predicted octanol–water partition coefficient (Wildman–Crippen LogP) is 2.99. The van der Waals surface area contributed by atoms with Gasteiger partial charge in [0.05, 0.1) is 5.02 Å². The minimum absolute atomic E-state index is 0.234. The van der Waals surface area contributed by atoms with Crippen molar-refractivity contribution in [3.05, 3.63) is 58.6 Å². The summed E-state index contributed by atoms with van der Waals surface area (Å²) < 4.78 is 10.7. The molecule has 2 aromatic carbocycles. The molecule has 0 aliphatic heterocycles. The Hall–Kier alpha value is -2.44. The van der Waals surface area contributed by atoms with Gasteiger partial charge in [0.2, 0.25) is 0 Å². The molecule has 0 aliphatic carbocycles. The van der Waals surface area contributed by atoms with Gasteiger partial charge in [0.15, 0.2) is 12.7 Å². The van der Waals surface area contributed by atoms with Gasteiger partial charge >= 0.3 is 0 Å². The maximum Gasteiger partial charge on any atom is 0.279 e. The zero-order valence-electron chi connectivity index (χ0n) is 13.3. The van der Waals surface area contributed by atoms with Gasteiger partial charge in [-0.1, -0.05) is 41.4 Å². The van der Waals surface area contributed by atoms with E-state index in [4.69, 9.17) is 32.7 Å². The molecule has 25 heavy (non-hydrogen) atoms. The lowest BCUT2D eigenvalue weighted by molar-refractivity contribution is -0.133. The molecule has 1 atom stereocenters. The minimum atomic E-state index is -0.881. The number of hydrazine groups is 1.